The second-order valence-electron chi connectivity index (χ2n) is 5.51. The third kappa shape index (κ3) is 2.96. The highest BCUT2D eigenvalue weighted by Crippen LogP contribution is 2.32. The van der Waals surface area contributed by atoms with E-state index in [1.165, 1.54) is 18.2 Å². The zero-order chi connectivity index (χ0) is 14.8. The fourth-order valence-corrected chi connectivity index (χ4v) is 3.05. The summed E-state index contributed by atoms with van der Waals surface area (Å²) in [7, 11) is 0. The summed E-state index contributed by atoms with van der Waals surface area (Å²) in [6.07, 6.45) is 4.06. The van der Waals surface area contributed by atoms with Crippen LogP contribution in [0.5, 0.6) is 0 Å². The Morgan fingerprint density at radius 1 is 1.38 bits per heavy atom. The number of halogens is 1. The van der Waals surface area contributed by atoms with Crippen molar-refractivity contribution in [3.05, 3.63) is 41.2 Å². The van der Waals surface area contributed by atoms with E-state index in [2.05, 4.69) is 10.6 Å². The molecule has 0 spiro atoms. The van der Waals surface area contributed by atoms with Crippen molar-refractivity contribution in [2.75, 3.05) is 5.32 Å². The summed E-state index contributed by atoms with van der Waals surface area (Å²) in [4.78, 5) is 24.0. The van der Waals surface area contributed by atoms with Gasteiger partial charge in [-0.2, -0.15) is 0 Å². The summed E-state index contributed by atoms with van der Waals surface area (Å²) >= 11 is 0. The minimum absolute atomic E-state index is 0.0498. The van der Waals surface area contributed by atoms with Crippen LogP contribution in [-0.4, -0.2) is 17.9 Å². The molecule has 0 aromatic heterocycles. The Hall–Kier alpha value is -2.17. The highest BCUT2D eigenvalue weighted by molar-refractivity contribution is 6.04. The number of hydrogen-bond donors (Lipinski definition) is 2. The number of nitrogens with one attached hydrogen (secondary N) is 2. The summed E-state index contributed by atoms with van der Waals surface area (Å²) in [5, 5.41) is 5.56. The van der Waals surface area contributed by atoms with Gasteiger partial charge in [0.1, 0.15) is 5.82 Å². The third-order valence-corrected chi connectivity index (χ3v) is 4.02. The van der Waals surface area contributed by atoms with Gasteiger partial charge in [-0.3, -0.25) is 9.59 Å². The molecule has 1 aliphatic heterocycles. The van der Waals surface area contributed by atoms with Crippen LogP contribution in [0.4, 0.5) is 10.1 Å². The first kappa shape index (κ1) is 13.8. The SMILES string of the molecule is O=C(CC1=C2CCCCC2NC1=O)Nc1cccc(F)c1. The molecule has 1 fully saturated rings. The average Bonchev–Trinajstić information content (AvgIpc) is 2.75. The van der Waals surface area contributed by atoms with Crippen LogP contribution in [0.3, 0.4) is 0 Å². The monoisotopic (exact) mass is 288 g/mol. The molecule has 0 bridgehead atoms. The lowest BCUT2D eigenvalue weighted by atomic mass is 9.88. The minimum Gasteiger partial charge on any atom is -0.346 e. The topological polar surface area (TPSA) is 58.2 Å². The number of carbonyl (C=O) groups excluding carboxylic acids is 2. The summed E-state index contributed by atoms with van der Waals surface area (Å²) in [5.41, 5.74) is 2.08. The maximum Gasteiger partial charge on any atom is 0.248 e. The van der Waals surface area contributed by atoms with Gasteiger partial charge in [-0.15, -0.1) is 0 Å². The first-order chi connectivity index (χ1) is 10.1. The van der Waals surface area contributed by atoms with Crippen LogP contribution in [0.25, 0.3) is 0 Å². The molecule has 1 aliphatic carbocycles. The van der Waals surface area contributed by atoms with Gasteiger partial charge < -0.3 is 10.6 Å². The van der Waals surface area contributed by atoms with Crippen LogP contribution in [0.2, 0.25) is 0 Å². The Labute approximate surface area is 122 Å². The lowest BCUT2D eigenvalue weighted by Gasteiger charge is -2.20. The highest BCUT2D eigenvalue weighted by Gasteiger charge is 2.33. The second-order valence-corrected chi connectivity index (χ2v) is 5.51. The number of hydrogen-bond acceptors (Lipinski definition) is 2. The van der Waals surface area contributed by atoms with Gasteiger partial charge in [0.2, 0.25) is 11.8 Å². The van der Waals surface area contributed by atoms with Crippen LogP contribution in [-0.2, 0) is 9.59 Å². The summed E-state index contributed by atoms with van der Waals surface area (Å²) in [6, 6.07) is 5.84. The number of rotatable bonds is 3. The van der Waals surface area contributed by atoms with Crippen molar-refractivity contribution in [1.82, 2.24) is 5.32 Å². The highest BCUT2D eigenvalue weighted by atomic mass is 19.1. The maximum absolute atomic E-state index is 13.1. The average molecular weight is 288 g/mol. The van der Waals surface area contributed by atoms with Crippen LogP contribution in [0, 0.1) is 5.82 Å². The van der Waals surface area contributed by atoms with E-state index in [9.17, 15) is 14.0 Å². The molecule has 3 rings (SSSR count). The number of fused-ring (bicyclic) bond motifs is 1. The van der Waals surface area contributed by atoms with Gasteiger partial charge in [0.15, 0.2) is 0 Å². The van der Waals surface area contributed by atoms with E-state index in [-0.39, 0.29) is 24.3 Å². The molecule has 0 radical (unpaired) electrons. The molecule has 5 heteroatoms. The molecular weight excluding hydrogens is 271 g/mol. The molecule has 2 N–H and O–H groups in total. The molecule has 1 saturated carbocycles. The molecule has 4 nitrogen and oxygen atoms in total. The predicted octanol–water partition coefficient (Wildman–Crippen LogP) is 2.52. The Kier molecular flexibility index (Phi) is 3.73. The largest absolute Gasteiger partial charge is 0.346 e. The number of amides is 2. The van der Waals surface area contributed by atoms with E-state index >= 15 is 0 Å². The van der Waals surface area contributed by atoms with E-state index in [1.807, 2.05) is 0 Å². The number of carbonyl (C=O) groups is 2. The van der Waals surface area contributed by atoms with Crippen LogP contribution >= 0.6 is 0 Å². The van der Waals surface area contributed by atoms with Crippen molar-refractivity contribution >= 4 is 17.5 Å². The molecule has 2 amide bonds. The van der Waals surface area contributed by atoms with Crippen molar-refractivity contribution in [1.29, 1.82) is 0 Å². The molecule has 1 unspecified atom stereocenters. The molecule has 1 atom stereocenters. The van der Waals surface area contributed by atoms with Gasteiger partial charge in [0.05, 0.1) is 12.5 Å². The smallest absolute Gasteiger partial charge is 0.248 e. The fraction of sp³-hybridized carbons (Fsp3) is 0.375. The number of anilines is 1. The standard InChI is InChI=1S/C16H17FN2O2/c17-10-4-3-5-11(8-10)18-15(20)9-13-12-6-1-2-7-14(12)19-16(13)21/h3-5,8,14H,1-2,6-7,9H2,(H,18,20)(H,19,21). The van der Waals surface area contributed by atoms with E-state index in [1.54, 1.807) is 6.07 Å². The van der Waals surface area contributed by atoms with Crippen molar-refractivity contribution in [2.24, 2.45) is 0 Å². The molecule has 1 aromatic rings. The zero-order valence-electron chi connectivity index (χ0n) is 11.6. The van der Waals surface area contributed by atoms with Gasteiger partial charge >= 0.3 is 0 Å². The van der Waals surface area contributed by atoms with Crippen molar-refractivity contribution in [2.45, 2.75) is 38.1 Å². The third-order valence-electron chi connectivity index (χ3n) is 4.02. The van der Waals surface area contributed by atoms with Crippen molar-refractivity contribution in [3.63, 3.8) is 0 Å². The van der Waals surface area contributed by atoms with Gasteiger partial charge in [0.25, 0.3) is 0 Å². The lowest BCUT2D eigenvalue weighted by molar-refractivity contribution is -0.120. The minimum atomic E-state index is -0.402. The predicted molar refractivity (Wildman–Crippen MR) is 77.1 cm³/mol. The molecule has 1 aromatic carbocycles. The van der Waals surface area contributed by atoms with Gasteiger partial charge in [-0.05, 0) is 43.0 Å². The second kappa shape index (κ2) is 5.68. The van der Waals surface area contributed by atoms with Crippen LogP contribution in [0.15, 0.2) is 35.4 Å². The summed E-state index contributed by atoms with van der Waals surface area (Å²) in [6.45, 7) is 0. The quantitative estimate of drug-likeness (QED) is 0.898. The van der Waals surface area contributed by atoms with E-state index in [4.69, 9.17) is 0 Å². The molecule has 0 saturated heterocycles. The first-order valence-electron chi connectivity index (χ1n) is 7.21. The maximum atomic E-state index is 13.1. The van der Waals surface area contributed by atoms with E-state index in [0.29, 0.717) is 11.3 Å². The van der Waals surface area contributed by atoms with Gasteiger partial charge in [-0.1, -0.05) is 12.5 Å². The van der Waals surface area contributed by atoms with Gasteiger partial charge in [-0.25, -0.2) is 4.39 Å². The fourth-order valence-electron chi connectivity index (χ4n) is 3.05. The normalized spacial score (nSPS) is 21.0. The molecule has 1 heterocycles. The Morgan fingerprint density at radius 2 is 2.24 bits per heavy atom. The summed E-state index contributed by atoms with van der Waals surface area (Å²) in [5.74, 6) is -0.823. The van der Waals surface area contributed by atoms with E-state index in [0.717, 1.165) is 31.3 Å². The summed E-state index contributed by atoms with van der Waals surface area (Å²) < 4.78 is 13.1. The molecule has 2 aliphatic rings. The van der Waals surface area contributed by atoms with E-state index < -0.39 is 5.82 Å². The first-order valence-corrected chi connectivity index (χ1v) is 7.21. The van der Waals surface area contributed by atoms with Gasteiger partial charge in [0, 0.05) is 11.3 Å². The Balaban J connectivity index is 1.71. The van der Waals surface area contributed by atoms with Crippen molar-refractivity contribution in [3.8, 4) is 0 Å². The lowest BCUT2D eigenvalue weighted by Crippen LogP contribution is -2.30. The molecule has 110 valence electrons. The molecular formula is C16H17FN2O2. The Bertz CT molecular complexity index is 624. The van der Waals surface area contributed by atoms with Crippen molar-refractivity contribution < 1.29 is 14.0 Å². The number of benzene rings is 1. The molecule has 21 heavy (non-hydrogen) atoms. The van der Waals surface area contributed by atoms with Crippen LogP contribution < -0.4 is 10.6 Å². The Morgan fingerprint density at radius 3 is 3.05 bits per heavy atom. The zero-order valence-corrected chi connectivity index (χ0v) is 11.6. The van der Waals surface area contributed by atoms with Crippen LogP contribution in [0.1, 0.15) is 32.1 Å².